The van der Waals surface area contributed by atoms with Crippen LogP contribution in [0.15, 0.2) is 24.4 Å². The number of rotatable bonds is 13. The summed E-state index contributed by atoms with van der Waals surface area (Å²) in [7, 11) is 5.37. The van der Waals surface area contributed by atoms with Crippen molar-refractivity contribution in [1.29, 1.82) is 0 Å². The molecule has 5 N–H and O–H groups in total. The maximum Gasteiger partial charge on any atom is 0.309 e. The molecule has 3 fully saturated rings. The van der Waals surface area contributed by atoms with Gasteiger partial charge in [0.1, 0.15) is 30.0 Å². The SMILES string of the molecule is CC[C@H]1OC(=O)[C@H](C)[C@@H](C2C[C@@](C)(OC)[C@@H](O)[C@H](C)O2)[C@H](C)[C@@H](O[C@@H]2O[C@H](C)C[C@H](N(C)CCCc3cn(CCc4ccc(Cl)c(Cl)c4)nn3)[C@H]2O)[C@](C)(O)C[C@@H](C)CN(C)[C@H](C)[C@@H](O)[C@]1(C)O. The maximum atomic E-state index is 14.6. The second-order valence-corrected chi connectivity index (χ2v) is 22.2. The van der Waals surface area contributed by atoms with E-state index in [1.54, 1.807) is 33.8 Å². The molecule has 0 radical (unpaired) electrons. The number of halogens is 2. The first-order valence-electron chi connectivity index (χ1n) is 24.7. The quantitative estimate of drug-likeness (QED) is 0.162. The zero-order chi connectivity index (χ0) is 50.6. The number of hydrogen-bond donors (Lipinski definition) is 5. The predicted molar refractivity (Wildman–Crippen MR) is 260 cm³/mol. The van der Waals surface area contributed by atoms with Gasteiger partial charge in [0.15, 0.2) is 6.29 Å². The van der Waals surface area contributed by atoms with Crippen LogP contribution in [0.1, 0.15) is 113 Å². The van der Waals surface area contributed by atoms with Crippen LogP contribution >= 0.6 is 23.2 Å². The van der Waals surface area contributed by atoms with E-state index >= 15 is 0 Å². The standard InChI is InChI=1S/C50H83Cl2N5O11/c1-14-40-50(10,63)43(59)32(6)56(12)26-28(2)24-48(8,62)45(30(4)41(31(5)46(61)67-40)39-25-49(9,64-13)44(60)33(7)66-39)68-47-42(58)38(22-29(3)65-47)55(11)20-15-16-35-27-57(54-53-35)21-19-34-17-18-36(51)37(52)23-34/h17-18,23,27-33,38-45,47,58-60,62-63H,14-16,19-22,24-26H2,1-13H3/t28-,29-,30+,31-,32-,33+,38+,39?,40-,41+,42-,43-,44+,45-,47+,48-,49-,50-/m1/s1. The Morgan fingerprint density at radius 2 is 1.66 bits per heavy atom. The highest BCUT2D eigenvalue weighted by Gasteiger charge is 2.55. The van der Waals surface area contributed by atoms with Gasteiger partial charge in [-0.1, -0.05) is 62.2 Å². The molecule has 18 heteroatoms. The number of cyclic esters (lactones) is 1. The molecule has 1 aromatic carbocycles. The molecule has 388 valence electrons. The lowest BCUT2D eigenvalue weighted by Crippen LogP contribution is -2.62. The van der Waals surface area contributed by atoms with Gasteiger partial charge in [-0.15, -0.1) is 5.10 Å². The van der Waals surface area contributed by atoms with Crippen LogP contribution in [0.25, 0.3) is 0 Å². The zero-order valence-electron chi connectivity index (χ0n) is 42.7. The first-order chi connectivity index (χ1) is 31.7. The summed E-state index contributed by atoms with van der Waals surface area (Å²) < 4.78 is 34.0. The Morgan fingerprint density at radius 3 is 2.31 bits per heavy atom. The number of aliphatic hydroxyl groups excluding tert-OH is 3. The maximum absolute atomic E-state index is 14.6. The summed E-state index contributed by atoms with van der Waals surface area (Å²) in [5.74, 6) is -3.08. The number of likely N-dealkylation sites (N-methyl/N-ethyl adjacent to an activating group) is 2. The first-order valence-corrected chi connectivity index (χ1v) is 25.4. The average molecular weight is 1000 g/mol. The lowest BCUT2D eigenvalue weighted by molar-refractivity contribution is -0.303. The van der Waals surface area contributed by atoms with Crippen molar-refractivity contribution in [1.82, 2.24) is 24.8 Å². The van der Waals surface area contributed by atoms with E-state index < -0.39 is 95.6 Å². The highest BCUT2D eigenvalue weighted by Crippen LogP contribution is 2.45. The smallest absolute Gasteiger partial charge is 0.309 e. The van der Waals surface area contributed by atoms with Crippen molar-refractivity contribution in [2.45, 2.75) is 205 Å². The lowest BCUT2D eigenvalue weighted by Gasteiger charge is -2.51. The molecule has 0 aliphatic carbocycles. The van der Waals surface area contributed by atoms with Gasteiger partial charge in [0.2, 0.25) is 0 Å². The average Bonchev–Trinajstić information content (AvgIpc) is 3.73. The van der Waals surface area contributed by atoms with Crippen molar-refractivity contribution in [3.05, 3.63) is 45.7 Å². The molecule has 0 amide bonds. The molecule has 4 heterocycles. The number of nitrogens with zero attached hydrogens (tertiary/aromatic N) is 5. The van der Waals surface area contributed by atoms with Crippen LogP contribution in [-0.2, 0) is 47.9 Å². The first kappa shape index (κ1) is 56.9. The zero-order valence-corrected chi connectivity index (χ0v) is 44.2. The molecular weight excluding hydrogens is 917 g/mol. The van der Waals surface area contributed by atoms with E-state index in [0.29, 0.717) is 42.5 Å². The third-order valence-corrected chi connectivity index (χ3v) is 16.3. The van der Waals surface area contributed by atoms with Gasteiger partial charge in [0, 0.05) is 50.8 Å². The highest BCUT2D eigenvalue weighted by atomic mass is 35.5. The summed E-state index contributed by atoms with van der Waals surface area (Å²) in [6.07, 6.45) is -3.04. The summed E-state index contributed by atoms with van der Waals surface area (Å²) in [6.45, 7) is 19.7. The van der Waals surface area contributed by atoms with Crippen LogP contribution in [0, 0.1) is 23.7 Å². The summed E-state index contributed by atoms with van der Waals surface area (Å²) in [5.41, 5.74) is -2.51. The molecule has 0 bridgehead atoms. The number of aromatic nitrogens is 3. The van der Waals surface area contributed by atoms with Gasteiger partial charge in [0.05, 0.1) is 57.3 Å². The topological polar surface area (TPSA) is 202 Å². The molecule has 3 saturated heterocycles. The fourth-order valence-electron chi connectivity index (χ4n) is 11.4. The van der Waals surface area contributed by atoms with E-state index in [-0.39, 0.29) is 37.3 Å². The second kappa shape index (κ2) is 23.7. The van der Waals surface area contributed by atoms with E-state index in [2.05, 4.69) is 15.2 Å². The van der Waals surface area contributed by atoms with Crippen LogP contribution < -0.4 is 0 Å². The van der Waals surface area contributed by atoms with Crippen molar-refractivity contribution in [2.75, 3.05) is 34.3 Å². The number of benzene rings is 1. The summed E-state index contributed by atoms with van der Waals surface area (Å²) in [5, 5.41) is 69.7. The fourth-order valence-corrected chi connectivity index (χ4v) is 11.7. The van der Waals surface area contributed by atoms with Crippen LogP contribution in [0.3, 0.4) is 0 Å². The summed E-state index contributed by atoms with van der Waals surface area (Å²) in [4.78, 5) is 18.6. The third kappa shape index (κ3) is 13.3. The second-order valence-electron chi connectivity index (χ2n) is 21.3. The molecule has 1 aromatic heterocycles. The van der Waals surface area contributed by atoms with Crippen LogP contribution in [0.5, 0.6) is 0 Å². The molecule has 16 nitrogen and oxygen atoms in total. The minimum absolute atomic E-state index is 0.161. The summed E-state index contributed by atoms with van der Waals surface area (Å²) in [6, 6.07) is 4.69. The van der Waals surface area contributed by atoms with Crippen molar-refractivity contribution in [3.63, 3.8) is 0 Å². The normalized spacial score (nSPS) is 40.7. The Bertz CT molecular complexity index is 1930. The molecule has 5 rings (SSSR count). The summed E-state index contributed by atoms with van der Waals surface area (Å²) >= 11 is 12.3. The Labute approximate surface area is 414 Å². The van der Waals surface area contributed by atoms with Gasteiger partial charge < -0.3 is 59.0 Å². The Kier molecular flexibility index (Phi) is 19.8. The number of esters is 1. The monoisotopic (exact) mass is 1000 g/mol. The van der Waals surface area contributed by atoms with Gasteiger partial charge in [-0.05, 0) is 130 Å². The molecule has 18 atom stereocenters. The fraction of sp³-hybridized carbons (Fsp3) is 0.820. The number of aryl methyl sites for hydroxylation is 3. The van der Waals surface area contributed by atoms with E-state index in [9.17, 15) is 30.3 Å². The largest absolute Gasteiger partial charge is 0.459 e. The minimum Gasteiger partial charge on any atom is -0.459 e. The van der Waals surface area contributed by atoms with Gasteiger partial charge >= 0.3 is 5.97 Å². The number of ether oxygens (including phenoxy) is 5. The van der Waals surface area contributed by atoms with Crippen LogP contribution in [-0.4, -0.2) is 175 Å². The van der Waals surface area contributed by atoms with Gasteiger partial charge in [-0.25, -0.2) is 0 Å². The van der Waals surface area contributed by atoms with E-state index in [1.807, 2.05) is 76.6 Å². The number of aliphatic hydroxyl groups is 5. The lowest BCUT2D eigenvalue weighted by atomic mass is 9.68. The highest BCUT2D eigenvalue weighted by molar-refractivity contribution is 6.42. The number of carbonyl (C=O) groups excluding carboxylic acids is 1. The van der Waals surface area contributed by atoms with Gasteiger partial charge in [-0.3, -0.25) is 9.48 Å². The molecule has 3 aliphatic rings. The molecule has 68 heavy (non-hydrogen) atoms. The van der Waals surface area contributed by atoms with E-state index in [0.717, 1.165) is 24.1 Å². The van der Waals surface area contributed by atoms with Crippen LogP contribution in [0.2, 0.25) is 10.0 Å². The molecule has 1 unspecified atom stereocenters. The van der Waals surface area contributed by atoms with Gasteiger partial charge in [0.25, 0.3) is 0 Å². The number of methoxy groups -OCH3 is 1. The van der Waals surface area contributed by atoms with Crippen molar-refractivity contribution in [3.8, 4) is 0 Å². The van der Waals surface area contributed by atoms with Crippen molar-refractivity contribution >= 4 is 29.2 Å². The van der Waals surface area contributed by atoms with Crippen molar-refractivity contribution in [2.24, 2.45) is 23.7 Å². The molecule has 0 saturated carbocycles. The predicted octanol–water partition coefficient (Wildman–Crippen LogP) is 5.32. The van der Waals surface area contributed by atoms with Gasteiger partial charge in [-0.2, -0.15) is 0 Å². The third-order valence-electron chi connectivity index (χ3n) is 15.6. The Hall–Kier alpha value is -2.03. The van der Waals surface area contributed by atoms with Crippen LogP contribution in [0.4, 0.5) is 0 Å². The molecule has 0 spiro atoms. The number of carbonyl (C=O) groups is 1. The van der Waals surface area contributed by atoms with Crippen molar-refractivity contribution < 1.29 is 54.0 Å². The van der Waals surface area contributed by atoms with E-state index in [4.69, 9.17) is 46.9 Å². The number of hydrogen-bond acceptors (Lipinski definition) is 15. The Morgan fingerprint density at radius 1 is 0.971 bits per heavy atom. The molecule has 2 aromatic rings. The minimum atomic E-state index is -1.81. The van der Waals surface area contributed by atoms with E-state index in [1.165, 1.54) is 14.0 Å². The molecule has 3 aliphatic heterocycles. The Balaban J connectivity index is 1.42. The molecular formula is C50H83Cl2N5O11.